The summed E-state index contributed by atoms with van der Waals surface area (Å²) in [5.74, 6) is 1.50. The fourth-order valence-electron chi connectivity index (χ4n) is 3.59. The lowest BCUT2D eigenvalue weighted by Crippen LogP contribution is -2.15. The van der Waals surface area contributed by atoms with E-state index in [9.17, 15) is 10.1 Å². The number of thioether (sulfide) groups is 1. The van der Waals surface area contributed by atoms with Crippen LogP contribution in [-0.4, -0.2) is 26.4 Å². The highest BCUT2D eigenvalue weighted by Crippen LogP contribution is 2.37. The maximum Gasteiger partial charge on any atom is 0.235 e. The van der Waals surface area contributed by atoms with Crippen molar-refractivity contribution in [3.05, 3.63) is 50.6 Å². The van der Waals surface area contributed by atoms with E-state index in [4.69, 9.17) is 4.74 Å². The number of halogens is 1. The Kier molecular flexibility index (Phi) is 7.50. The second kappa shape index (κ2) is 10.5. The van der Waals surface area contributed by atoms with Crippen molar-refractivity contribution < 1.29 is 9.53 Å². The molecule has 1 aliphatic carbocycles. The van der Waals surface area contributed by atoms with Crippen molar-refractivity contribution in [1.82, 2.24) is 14.8 Å². The summed E-state index contributed by atoms with van der Waals surface area (Å²) in [6, 6.07) is 9.88. The van der Waals surface area contributed by atoms with Crippen LogP contribution in [0.4, 0.5) is 5.00 Å². The second-order valence-corrected chi connectivity index (χ2v) is 10.2. The second-order valence-electron chi connectivity index (χ2n) is 7.25. The topological polar surface area (TPSA) is 92.8 Å². The van der Waals surface area contributed by atoms with Crippen molar-refractivity contribution in [2.45, 2.75) is 50.9 Å². The SMILES string of the molecule is CCn1c(COc2ccc(Br)cc2)nnc1SCC(=O)Nc1sc2c(c1C#N)CCCC2. The molecule has 1 amide bonds. The van der Waals surface area contributed by atoms with Crippen molar-refractivity contribution in [3.63, 3.8) is 0 Å². The summed E-state index contributed by atoms with van der Waals surface area (Å²) < 4.78 is 8.75. The maximum atomic E-state index is 12.6. The van der Waals surface area contributed by atoms with Gasteiger partial charge in [0.05, 0.1) is 11.3 Å². The average molecular weight is 532 g/mol. The first-order valence-corrected chi connectivity index (χ1v) is 13.0. The molecule has 10 heteroatoms. The highest BCUT2D eigenvalue weighted by atomic mass is 79.9. The number of carbonyl (C=O) groups excluding carboxylic acids is 1. The third kappa shape index (κ3) is 5.17. The number of hydrogen-bond donors (Lipinski definition) is 1. The molecule has 4 rings (SSSR count). The zero-order valence-corrected chi connectivity index (χ0v) is 20.8. The van der Waals surface area contributed by atoms with E-state index in [0.717, 1.165) is 41.5 Å². The normalized spacial score (nSPS) is 12.8. The quantitative estimate of drug-likeness (QED) is 0.402. The molecule has 0 atom stereocenters. The molecule has 0 spiro atoms. The van der Waals surface area contributed by atoms with Gasteiger partial charge >= 0.3 is 0 Å². The zero-order valence-electron chi connectivity index (χ0n) is 17.6. The molecule has 2 aromatic heterocycles. The van der Waals surface area contributed by atoms with Crippen LogP contribution in [0.15, 0.2) is 33.9 Å². The van der Waals surface area contributed by atoms with E-state index < -0.39 is 0 Å². The van der Waals surface area contributed by atoms with Crippen LogP contribution in [0.1, 0.15) is 41.6 Å². The zero-order chi connectivity index (χ0) is 22.5. The van der Waals surface area contributed by atoms with Gasteiger partial charge in [0.15, 0.2) is 11.0 Å². The van der Waals surface area contributed by atoms with Gasteiger partial charge in [-0.25, -0.2) is 0 Å². The number of nitrogens with zero attached hydrogens (tertiary/aromatic N) is 4. The Morgan fingerprint density at radius 3 is 2.84 bits per heavy atom. The lowest BCUT2D eigenvalue weighted by molar-refractivity contribution is -0.113. The van der Waals surface area contributed by atoms with Crippen molar-refractivity contribution in [2.75, 3.05) is 11.1 Å². The number of benzene rings is 1. The molecule has 1 aliphatic rings. The summed E-state index contributed by atoms with van der Waals surface area (Å²) in [5, 5.41) is 22.3. The summed E-state index contributed by atoms with van der Waals surface area (Å²) in [6.45, 7) is 2.97. The Labute approximate surface area is 203 Å². The largest absolute Gasteiger partial charge is 0.486 e. The molecular formula is C22H22BrN5O2S2. The van der Waals surface area contributed by atoms with Crippen LogP contribution in [0.2, 0.25) is 0 Å². The van der Waals surface area contributed by atoms with E-state index in [1.807, 2.05) is 35.8 Å². The van der Waals surface area contributed by atoms with Gasteiger partial charge in [-0.2, -0.15) is 5.26 Å². The molecule has 0 aliphatic heterocycles. The third-order valence-electron chi connectivity index (χ3n) is 5.16. The van der Waals surface area contributed by atoms with Crippen LogP contribution in [0.5, 0.6) is 5.75 Å². The number of anilines is 1. The van der Waals surface area contributed by atoms with Gasteiger partial charge in [-0.3, -0.25) is 4.79 Å². The fraction of sp³-hybridized carbons (Fsp3) is 0.364. The molecular weight excluding hydrogens is 510 g/mol. The summed E-state index contributed by atoms with van der Waals surface area (Å²) in [7, 11) is 0. The van der Waals surface area contributed by atoms with Gasteiger partial charge in [-0.15, -0.1) is 21.5 Å². The maximum absolute atomic E-state index is 12.6. The number of nitrogens with one attached hydrogen (secondary N) is 1. The smallest absolute Gasteiger partial charge is 0.235 e. The first-order valence-electron chi connectivity index (χ1n) is 10.4. The first kappa shape index (κ1) is 22.8. The minimum atomic E-state index is -0.150. The highest BCUT2D eigenvalue weighted by Gasteiger charge is 2.22. The molecule has 7 nitrogen and oxygen atoms in total. The molecule has 0 fully saturated rings. The standard InChI is InChI=1S/C22H22BrN5O2S2/c1-2-28-19(12-30-15-9-7-14(23)8-10-15)26-27-22(28)31-13-20(29)25-21-17(11-24)16-5-3-4-6-18(16)32-21/h7-10H,2-6,12-13H2,1H3,(H,25,29). The number of rotatable bonds is 8. The molecule has 1 aromatic carbocycles. The average Bonchev–Trinajstić information content (AvgIpc) is 3.36. The number of aromatic nitrogens is 3. The highest BCUT2D eigenvalue weighted by molar-refractivity contribution is 9.10. The van der Waals surface area contributed by atoms with Gasteiger partial charge in [0.1, 0.15) is 23.4 Å². The van der Waals surface area contributed by atoms with Crippen LogP contribution >= 0.6 is 39.0 Å². The summed E-state index contributed by atoms with van der Waals surface area (Å²) >= 11 is 6.27. The number of fused-ring (bicyclic) bond motifs is 1. The van der Waals surface area contributed by atoms with E-state index in [1.165, 1.54) is 28.0 Å². The van der Waals surface area contributed by atoms with E-state index in [2.05, 4.69) is 37.5 Å². The first-order chi connectivity index (χ1) is 15.6. The van der Waals surface area contributed by atoms with E-state index >= 15 is 0 Å². The van der Waals surface area contributed by atoms with Gasteiger partial charge in [0.25, 0.3) is 0 Å². The van der Waals surface area contributed by atoms with Crippen molar-refractivity contribution in [2.24, 2.45) is 0 Å². The number of ether oxygens (including phenoxy) is 1. The number of nitriles is 1. The summed E-state index contributed by atoms with van der Waals surface area (Å²) in [5.41, 5.74) is 1.75. The van der Waals surface area contributed by atoms with Gasteiger partial charge in [-0.05, 0) is 62.4 Å². The van der Waals surface area contributed by atoms with E-state index in [0.29, 0.717) is 34.7 Å². The summed E-state index contributed by atoms with van der Waals surface area (Å²) in [6.07, 6.45) is 4.15. The molecule has 0 saturated carbocycles. The van der Waals surface area contributed by atoms with Gasteiger partial charge < -0.3 is 14.6 Å². The number of aryl methyl sites for hydroxylation is 1. The Balaban J connectivity index is 1.36. The molecule has 0 saturated heterocycles. The van der Waals surface area contributed by atoms with Gasteiger partial charge in [0, 0.05) is 15.9 Å². The molecule has 32 heavy (non-hydrogen) atoms. The van der Waals surface area contributed by atoms with Crippen molar-refractivity contribution in [3.8, 4) is 11.8 Å². The minimum Gasteiger partial charge on any atom is -0.486 e. The number of hydrogen-bond acceptors (Lipinski definition) is 7. The Bertz CT molecular complexity index is 1150. The van der Waals surface area contributed by atoms with Gasteiger partial charge in [0.2, 0.25) is 5.91 Å². The van der Waals surface area contributed by atoms with Crippen LogP contribution in [0, 0.1) is 11.3 Å². The number of thiophene rings is 1. The fourth-order valence-corrected chi connectivity index (χ4v) is 5.94. The van der Waals surface area contributed by atoms with E-state index in [-0.39, 0.29) is 11.7 Å². The molecule has 1 N–H and O–H groups in total. The van der Waals surface area contributed by atoms with Crippen LogP contribution in [0.3, 0.4) is 0 Å². The van der Waals surface area contributed by atoms with Crippen LogP contribution < -0.4 is 10.1 Å². The number of carbonyl (C=O) groups is 1. The van der Waals surface area contributed by atoms with Crippen molar-refractivity contribution >= 4 is 49.9 Å². The Hall–Kier alpha value is -2.35. The lowest BCUT2D eigenvalue weighted by atomic mass is 9.96. The molecule has 2 heterocycles. The molecule has 0 bridgehead atoms. The molecule has 3 aromatic rings. The Morgan fingerprint density at radius 2 is 2.09 bits per heavy atom. The third-order valence-corrected chi connectivity index (χ3v) is 7.86. The Morgan fingerprint density at radius 1 is 1.31 bits per heavy atom. The number of amides is 1. The van der Waals surface area contributed by atoms with E-state index in [1.54, 1.807) is 0 Å². The monoisotopic (exact) mass is 531 g/mol. The predicted molar refractivity (Wildman–Crippen MR) is 129 cm³/mol. The van der Waals surface area contributed by atoms with Crippen LogP contribution in [0.25, 0.3) is 0 Å². The predicted octanol–water partition coefficient (Wildman–Crippen LogP) is 5.18. The minimum absolute atomic E-state index is 0.150. The summed E-state index contributed by atoms with van der Waals surface area (Å²) in [4.78, 5) is 13.8. The van der Waals surface area contributed by atoms with Crippen LogP contribution in [-0.2, 0) is 30.8 Å². The molecule has 0 radical (unpaired) electrons. The molecule has 0 unspecified atom stereocenters. The lowest BCUT2D eigenvalue weighted by Gasteiger charge is -2.09. The van der Waals surface area contributed by atoms with Crippen molar-refractivity contribution in [1.29, 1.82) is 5.26 Å². The molecule has 166 valence electrons. The van der Waals surface area contributed by atoms with Gasteiger partial charge in [-0.1, -0.05) is 27.7 Å².